The summed E-state index contributed by atoms with van der Waals surface area (Å²) in [5, 5.41) is 0. The Kier molecular flexibility index (Phi) is 4.10. The Labute approximate surface area is 123 Å². The number of aromatic nitrogens is 2. The molecule has 0 bridgehead atoms. The van der Waals surface area contributed by atoms with Gasteiger partial charge in [0.25, 0.3) is 0 Å². The van der Waals surface area contributed by atoms with Crippen LogP contribution in [0.2, 0.25) is 0 Å². The van der Waals surface area contributed by atoms with Gasteiger partial charge in [0, 0.05) is 24.7 Å². The van der Waals surface area contributed by atoms with Crippen LogP contribution in [0.25, 0.3) is 11.4 Å². The molecule has 1 aliphatic heterocycles. The molecule has 0 amide bonds. The van der Waals surface area contributed by atoms with Crippen LogP contribution in [0.1, 0.15) is 16.8 Å². The molecule has 1 aliphatic rings. The van der Waals surface area contributed by atoms with Crippen molar-refractivity contribution in [3.05, 3.63) is 41.1 Å². The molecule has 0 atom stereocenters. The number of nitrogens with zero attached hydrogens (tertiary/aromatic N) is 2. The van der Waals surface area contributed by atoms with E-state index < -0.39 is 0 Å². The van der Waals surface area contributed by atoms with Gasteiger partial charge in [-0.15, -0.1) is 0 Å². The molecule has 0 saturated heterocycles. The average molecular weight is 286 g/mol. The number of hydrogen-bond donors (Lipinski definition) is 2. The molecule has 0 saturated carbocycles. The van der Waals surface area contributed by atoms with Crippen LogP contribution in [0.15, 0.2) is 24.3 Å². The van der Waals surface area contributed by atoms with Gasteiger partial charge in [-0.25, -0.2) is 15.8 Å². The van der Waals surface area contributed by atoms with Crippen molar-refractivity contribution in [1.82, 2.24) is 9.97 Å². The zero-order valence-corrected chi connectivity index (χ0v) is 11.9. The average Bonchev–Trinajstić information content (AvgIpc) is 2.55. The molecule has 0 unspecified atom stereocenters. The van der Waals surface area contributed by atoms with Gasteiger partial charge in [0.05, 0.1) is 25.5 Å². The smallest absolute Gasteiger partial charge is 0.161 e. The van der Waals surface area contributed by atoms with Crippen LogP contribution in [0.5, 0.6) is 0 Å². The molecular weight excluding hydrogens is 268 g/mol. The molecule has 6 nitrogen and oxygen atoms in total. The number of nitrogens with two attached hydrogens (primary N) is 1. The van der Waals surface area contributed by atoms with E-state index in [0.717, 1.165) is 28.8 Å². The molecule has 110 valence electrons. The van der Waals surface area contributed by atoms with E-state index in [-0.39, 0.29) is 0 Å². The molecular formula is C15H18N4O2. The maximum Gasteiger partial charge on any atom is 0.161 e. The van der Waals surface area contributed by atoms with E-state index in [0.29, 0.717) is 31.5 Å². The highest BCUT2D eigenvalue weighted by molar-refractivity contribution is 5.60. The quantitative estimate of drug-likeness (QED) is 0.657. The van der Waals surface area contributed by atoms with Gasteiger partial charge in [-0.2, -0.15) is 0 Å². The summed E-state index contributed by atoms with van der Waals surface area (Å²) in [5.41, 5.74) is 6.67. The third-order valence-electron chi connectivity index (χ3n) is 3.48. The van der Waals surface area contributed by atoms with Gasteiger partial charge >= 0.3 is 0 Å². The summed E-state index contributed by atoms with van der Waals surface area (Å²) < 4.78 is 10.5. The van der Waals surface area contributed by atoms with Crippen molar-refractivity contribution in [2.24, 2.45) is 5.84 Å². The number of nitrogens with one attached hydrogen (secondary N) is 1. The summed E-state index contributed by atoms with van der Waals surface area (Å²) in [6.45, 7) is 1.78. The Balaban J connectivity index is 1.98. The largest absolute Gasteiger partial charge is 0.380 e. The van der Waals surface area contributed by atoms with E-state index in [9.17, 15) is 0 Å². The number of fused-ring (bicyclic) bond motifs is 1. The predicted octanol–water partition coefficient (Wildman–Crippen LogP) is 1.65. The van der Waals surface area contributed by atoms with E-state index in [1.54, 1.807) is 7.11 Å². The number of anilines is 1. The molecule has 0 spiro atoms. The summed E-state index contributed by atoms with van der Waals surface area (Å²) >= 11 is 0. The fourth-order valence-electron chi connectivity index (χ4n) is 2.40. The normalized spacial score (nSPS) is 13.8. The Morgan fingerprint density at radius 2 is 2.10 bits per heavy atom. The second-order valence-corrected chi connectivity index (χ2v) is 4.90. The molecule has 3 rings (SSSR count). The Bertz CT molecular complexity index is 611. The van der Waals surface area contributed by atoms with E-state index in [4.69, 9.17) is 15.3 Å². The molecule has 0 fully saturated rings. The fourth-order valence-corrected chi connectivity index (χ4v) is 2.40. The van der Waals surface area contributed by atoms with Gasteiger partial charge in [-0.3, -0.25) is 0 Å². The van der Waals surface area contributed by atoms with Crippen molar-refractivity contribution in [3.63, 3.8) is 0 Å². The highest BCUT2D eigenvalue weighted by atomic mass is 16.5. The summed E-state index contributed by atoms with van der Waals surface area (Å²) in [6.07, 6.45) is 0.779. The number of rotatable bonds is 4. The molecule has 6 heteroatoms. The predicted molar refractivity (Wildman–Crippen MR) is 79.4 cm³/mol. The minimum atomic E-state index is 0.502. The third-order valence-corrected chi connectivity index (χ3v) is 3.48. The van der Waals surface area contributed by atoms with Crippen LogP contribution < -0.4 is 11.3 Å². The molecule has 21 heavy (non-hydrogen) atoms. The molecule has 2 heterocycles. The van der Waals surface area contributed by atoms with Gasteiger partial charge in [0.15, 0.2) is 5.82 Å². The van der Waals surface area contributed by atoms with Crippen LogP contribution in [-0.2, 0) is 29.1 Å². The third kappa shape index (κ3) is 2.87. The number of hydrazine groups is 1. The van der Waals surface area contributed by atoms with Crippen LogP contribution in [0.4, 0.5) is 5.82 Å². The summed E-state index contributed by atoms with van der Waals surface area (Å²) in [5.74, 6) is 6.88. The monoisotopic (exact) mass is 286 g/mol. The molecule has 3 N–H and O–H groups in total. The Hall–Kier alpha value is -2.02. The summed E-state index contributed by atoms with van der Waals surface area (Å²) in [7, 11) is 1.68. The fraction of sp³-hybridized carbons (Fsp3) is 0.333. The molecule has 0 radical (unpaired) electrons. The summed E-state index contributed by atoms with van der Waals surface area (Å²) in [6, 6.07) is 8.02. The van der Waals surface area contributed by atoms with E-state index in [2.05, 4.69) is 15.4 Å². The summed E-state index contributed by atoms with van der Waals surface area (Å²) in [4.78, 5) is 9.14. The van der Waals surface area contributed by atoms with E-state index >= 15 is 0 Å². The van der Waals surface area contributed by atoms with Crippen LogP contribution in [0, 0.1) is 0 Å². The second-order valence-electron chi connectivity index (χ2n) is 4.90. The lowest BCUT2D eigenvalue weighted by Crippen LogP contribution is -2.19. The first kappa shape index (κ1) is 13.9. The molecule has 1 aromatic carbocycles. The number of hydrogen-bond acceptors (Lipinski definition) is 6. The zero-order chi connectivity index (χ0) is 14.7. The van der Waals surface area contributed by atoms with Crippen molar-refractivity contribution >= 4 is 5.82 Å². The van der Waals surface area contributed by atoms with Crippen LogP contribution >= 0.6 is 0 Å². The van der Waals surface area contributed by atoms with E-state index in [1.165, 1.54) is 0 Å². The first-order chi connectivity index (χ1) is 10.3. The van der Waals surface area contributed by atoms with Crippen LogP contribution in [0.3, 0.4) is 0 Å². The molecule has 0 aliphatic carbocycles. The van der Waals surface area contributed by atoms with Gasteiger partial charge in [0.1, 0.15) is 5.82 Å². The highest BCUT2D eigenvalue weighted by Gasteiger charge is 2.18. The maximum absolute atomic E-state index is 5.57. The lowest BCUT2D eigenvalue weighted by Gasteiger charge is -2.19. The van der Waals surface area contributed by atoms with Crippen LogP contribution in [-0.4, -0.2) is 23.7 Å². The first-order valence-electron chi connectivity index (χ1n) is 6.84. The minimum Gasteiger partial charge on any atom is -0.380 e. The Morgan fingerprint density at radius 1 is 1.29 bits per heavy atom. The van der Waals surface area contributed by atoms with Crippen molar-refractivity contribution in [2.75, 3.05) is 19.1 Å². The van der Waals surface area contributed by atoms with Crippen molar-refractivity contribution in [3.8, 4) is 11.4 Å². The van der Waals surface area contributed by atoms with Crippen molar-refractivity contribution in [2.45, 2.75) is 19.6 Å². The lowest BCUT2D eigenvalue weighted by atomic mass is 10.1. The number of nitrogen functional groups attached to an aromatic ring is 1. The number of benzene rings is 1. The van der Waals surface area contributed by atoms with Gasteiger partial charge in [0.2, 0.25) is 0 Å². The van der Waals surface area contributed by atoms with Crippen molar-refractivity contribution < 1.29 is 9.47 Å². The second kappa shape index (κ2) is 6.17. The number of methoxy groups -OCH3 is 1. The lowest BCUT2D eigenvalue weighted by molar-refractivity contribution is 0.109. The topological polar surface area (TPSA) is 82.3 Å². The zero-order valence-electron chi connectivity index (χ0n) is 11.9. The van der Waals surface area contributed by atoms with E-state index in [1.807, 2.05) is 24.3 Å². The molecule has 2 aromatic rings. The SMILES string of the molecule is COCc1ccc(-c2nc3c(c(NN)n2)COCC3)cc1. The maximum atomic E-state index is 5.57. The Morgan fingerprint density at radius 3 is 2.81 bits per heavy atom. The standard InChI is InChI=1S/C15H18N4O2/c1-20-8-10-2-4-11(5-3-10)14-17-13-6-7-21-9-12(13)15(18-14)19-16/h2-5H,6-9,16H2,1H3,(H,17,18,19). The minimum absolute atomic E-state index is 0.502. The van der Waals surface area contributed by atoms with Crippen molar-refractivity contribution in [1.29, 1.82) is 0 Å². The van der Waals surface area contributed by atoms with Gasteiger partial charge < -0.3 is 14.9 Å². The molecule has 1 aromatic heterocycles. The first-order valence-corrected chi connectivity index (χ1v) is 6.84. The van der Waals surface area contributed by atoms with Gasteiger partial charge in [-0.1, -0.05) is 24.3 Å². The number of ether oxygens (including phenoxy) is 2. The van der Waals surface area contributed by atoms with Gasteiger partial charge in [-0.05, 0) is 5.56 Å². The highest BCUT2D eigenvalue weighted by Crippen LogP contribution is 2.25.